The Morgan fingerprint density at radius 2 is 1.83 bits per heavy atom. The van der Waals surface area contributed by atoms with E-state index in [4.69, 9.17) is 5.73 Å². The summed E-state index contributed by atoms with van der Waals surface area (Å²) in [5, 5.41) is 50.7. The van der Waals surface area contributed by atoms with Gasteiger partial charge < -0.3 is 36.8 Å². The highest BCUT2D eigenvalue weighted by molar-refractivity contribution is 6.24. The number of carbonyl (C=O) groups is 4. The van der Waals surface area contributed by atoms with Crippen LogP contribution in [-0.4, -0.2) is 87.0 Å². The molecule has 2 fully saturated rings. The molecule has 41 heavy (non-hydrogen) atoms. The number of aromatic hydroxyl groups is 1. The molecule has 8 N–H and O–H groups in total. The fourth-order valence-electron chi connectivity index (χ4n) is 7.02. The standard InChI is InChI=1S/C28H31FN4O8/c1-33(2)20-13-6-10-5-11-16(21(34)15(10)24(37)28(13,41)25(38)17(23(20)36)26(30)39)22(35)19-12(18(11)29)7-14(27(40)32-19)31-8-9-3-4-9/h9-10,13-14,20,31,34-35,38,41H,3-8H2,1-2H3,(H2,30,39)(H,32,40)/t10-,13-,14?,20-,28-/m0/s1. The summed E-state index contributed by atoms with van der Waals surface area (Å²) >= 11 is 0. The number of ketones is 2. The fourth-order valence-corrected chi connectivity index (χ4v) is 7.02. The van der Waals surface area contributed by atoms with E-state index >= 15 is 4.39 Å². The predicted molar refractivity (Wildman–Crippen MR) is 141 cm³/mol. The Morgan fingerprint density at radius 1 is 1.15 bits per heavy atom. The molecule has 218 valence electrons. The summed E-state index contributed by atoms with van der Waals surface area (Å²) in [5.74, 6) is -8.94. The molecular weight excluding hydrogens is 539 g/mol. The molecule has 2 amide bonds. The number of anilines is 1. The van der Waals surface area contributed by atoms with E-state index in [9.17, 15) is 39.6 Å². The summed E-state index contributed by atoms with van der Waals surface area (Å²) in [5.41, 5.74) is 0.615. The molecule has 2 saturated carbocycles. The summed E-state index contributed by atoms with van der Waals surface area (Å²) < 4.78 is 16.1. The molecule has 1 heterocycles. The number of aliphatic hydroxyl groups excluding tert-OH is 2. The Hall–Kier alpha value is -3.81. The highest BCUT2D eigenvalue weighted by atomic mass is 19.1. The van der Waals surface area contributed by atoms with Gasteiger partial charge in [-0.05, 0) is 58.2 Å². The molecule has 1 unspecified atom stereocenters. The van der Waals surface area contributed by atoms with Crippen molar-refractivity contribution in [3.63, 3.8) is 0 Å². The Bertz CT molecular complexity index is 1510. The monoisotopic (exact) mass is 570 g/mol. The molecule has 1 aromatic rings. The van der Waals surface area contributed by atoms with Gasteiger partial charge in [-0.15, -0.1) is 0 Å². The number of fused-ring (bicyclic) bond motifs is 4. The van der Waals surface area contributed by atoms with Crippen LogP contribution < -0.4 is 16.4 Å². The summed E-state index contributed by atoms with van der Waals surface area (Å²) in [6.45, 7) is 0.609. The van der Waals surface area contributed by atoms with Crippen LogP contribution in [0.1, 0.15) is 36.0 Å². The number of nitrogens with zero attached hydrogens (tertiary/aromatic N) is 1. The third-order valence-electron chi connectivity index (χ3n) is 9.24. The third-order valence-corrected chi connectivity index (χ3v) is 9.24. The van der Waals surface area contributed by atoms with E-state index in [-0.39, 0.29) is 41.6 Å². The van der Waals surface area contributed by atoms with Crippen molar-refractivity contribution in [1.29, 1.82) is 0 Å². The number of carbonyl (C=O) groups excluding carboxylic acids is 4. The Kier molecular flexibility index (Phi) is 6.07. The zero-order valence-electron chi connectivity index (χ0n) is 22.5. The maximum absolute atomic E-state index is 16.1. The normalized spacial score (nSPS) is 31.0. The van der Waals surface area contributed by atoms with Gasteiger partial charge in [-0.1, -0.05) is 0 Å². The topological polar surface area (TPSA) is 203 Å². The SMILES string of the molecule is CN(C)[C@@H]1C(=O)C(C(N)=O)=C(O)[C@@]2(O)C(=O)C3=C(O)c4c(O)c5c(c(F)c4C[C@H]3C[C@@H]12)CC(NCC1CC1)C(=O)N5. The van der Waals surface area contributed by atoms with Gasteiger partial charge >= 0.3 is 0 Å². The lowest BCUT2D eigenvalue weighted by Crippen LogP contribution is -2.65. The van der Waals surface area contributed by atoms with E-state index in [1.165, 1.54) is 19.0 Å². The number of halogens is 1. The zero-order valence-corrected chi connectivity index (χ0v) is 22.5. The molecular formula is C28H31FN4O8. The van der Waals surface area contributed by atoms with E-state index in [1.54, 1.807) is 0 Å². The van der Waals surface area contributed by atoms with Crippen LogP contribution >= 0.6 is 0 Å². The maximum Gasteiger partial charge on any atom is 0.255 e. The lowest BCUT2D eigenvalue weighted by atomic mass is 9.57. The number of phenolic OH excluding ortho intramolecular Hbond substituents is 1. The summed E-state index contributed by atoms with van der Waals surface area (Å²) in [7, 11) is 3.00. The van der Waals surface area contributed by atoms with Gasteiger partial charge in [-0.3, -0.25) is 24.1 Å². The average Bonchev–Trinajstić information content (AvgIpc) is 3.72. The highest BCUT2D eigenvalue weighted by Gasteiger charge is 2.64. The predicted octanol–water partition coefficient (Wildman–Crippen LogP) is -0.0341. The second kappa shape index (κ2) is 9.10. The maximum atomic E-state index is 16.1. The summed E-state index contributed by atoms with van der Waals surface area (Å²) in [6, 6.07) is -1.95. The highest BCUT2D eigenvalue weighted by Crippen LogP contribution is 2.54. The number of rotatable bonds is 5. The van der Waals surface area contributed by atoms with Gasteiger partial charge in [0, 0.05) is 29.0 Å². The zero-order chi connectivity index (χ0) is 29.7. The van der Waals surface area contributed by atoms with Crippen molar-refractivity contribution in [2.75, 3.05) is 26.0 Å². The molecule has 0 aromatic heterocycles. The van der Waals surface area contributed by atoms with Crippen LogP contribution in [0, 0.1) is 23.6 Å². The van der Waals surface area contributed by atoms with E-state index < -0.39 is 87.1 Å². The molecule has 0 bridgehead atoms. The molecule has 5 atom stereocenters. The van der Waals surface area contributed by atoms with E-state index in [1.807, 2.05) is 0 Å². The molecule has 0 radical (unpaired) electrons. The lowest BCUT2D eigenvalue weighted by molar-refractivity contribution is -0.153. The van der Waals surface area contributed by atoms with Gasteiger partial charge in [0.05, 0.1) is 23.3 Å². The first-order valence-electron chi connectivity index (χ1n) is 13.5. The number of Topliss-reactive ketones (excluding diaryl/α,β-unsaturated/α-hetero) is 2. The van der Waals surface area contributed by atoms with Gasteiger partial charge in [-0.25, -0.2) is 4.39 Å². The van der Waals surface area contributed by atoms with Gasteiger partial charge in [0.2, 0.25) is 11.7 Å². The van der Waals surface area contributed by atoms with Crippen LogP contribution in [0.5, 0.6) is 5.75 Å². The van der Waals surface area contributed by atoms with Crippen LogP contribution in [0.3, 0.4) is 0 Å². The van der Waals surface area contributed by atoms with E-state index in [2.05, 4.69) is 10.6 Å². The van der Waals surface area contributed by atoms with Crippen molar-refractivity contribution < 1.29 is 44.0 Å². The number of hydrogen-bond donors (Lipinski definition) is 7. The second-order valence-electron chi connectivity index (χ2n) is 11.9. The van der Waals surface area contributed by atoms with Crippen molar-refractivity contribution in [2.24, 2.45) is 23.5 Å². The third kappa shape index (κ3) is 3.75. The molecule has 13 heteroatoms. The van der Waals surface area contributed by atoms with Gasteiger partial charge in [0.1, 0.15) is 22.9 Å². The van der Waals surface area contributed by atoms with Crippen molar-refractivity contribution in [1.82, 2.24) is 10.2 Å². The molecule has 1 aliphatic heterocycles. The quantitative estimate of drug-likeness (QED) is 0.186. The molecule has 0 saturated heterocycles. The number of phenols is 1. The molecule has 12 nitrogen and oxygen atoms in total. The Balaban J connectivity index is 1.48. The van der Waals surface area contributed by atoms with Crippen LogP contribution in [0.25, 0.3) is 5.76 Å². The number of primary amides is 1. The summed E-state index contributed by atoms with van der Waals surface area (Å²) in [6.07, 6.45) is 1.77. The first-order chi connectivity index (χ1) is 19.3. The van der Waals surface area contributed by atoms with Crippen molar-refractivity contribution in [3.8, 4) is 5.75 Å². The molecule has 5 aliphatic rings. The van der Waals surface area contributed by atoms with Gasteiger partial charge in [0.25, 0.3) is 5.91 Å². The minimum Gasteiger partial charge on any atom is -0.508 e. The smallest absolute Gasteiger partial charge is 0.255 e. The van der Waals surface area contributed by atoms with Gasteiger partial charge in [0.15, 0.2) is 17.1 Å². The van der Waals surface area contributed by atoms with Crippen molar-refractivity contribution in [3.05, 3.63) is 39.4 Å². The number of nitrogens with two attached hydrogens (primary N) is 1. The molecule has 4 aliphatic carbocycles. The number of benzene rings is 1. The van der Waals surface area contributed by atoms with Crippen LogP contribution in [0.2, 0.25) is 0 Å². The van der Waals surface area contributed by atoms with E-state index in [0.717, 1.165) is 12.8 Å². The summed E-state index contributed by atoms with van der Waals surface area (Å²) in [4.78, 5) is 53.3. The first kappa shape index (κ1) is 27.4. The van der Waals surface area contributed by atoms with Crippen LogP contribution in [0.4, 0.5) is 10.1 Å². The molecule has 0 spiro atoms. The first-order valence-corrected chi connectivity index (χ1v) is 13.5. The van der Waals surface area contributed by atoms with Gasteiger partial charge in [-0.2, -0.15) is 0 Å². The Labute approximate surface area is 233 Å². The number of nitrogens with one attached hydrogen (secondary N) is 2. The minimum absolute atomic E-state index is 0.0321. The van der Waals surface area contributed by atoms with Crippen LogP contribution in [0.15, 0.2) is 16.9 Å². The molecule has 6 rings (SSSR count). The number of amides is 2. The minimum atomic E-state index is -2.79. The number of hydrogen-bond acceptors (Lipinski definition) is 10. The van der Waals surface area contributed by atoms with E-state index in [0.29, 0.717) is 12.5 Å². The van der Waals surface area contributed by atoms with Crippen molar-refractivity contribution >= 4 is 34.8 Å². The van der Waals surface area contributed by atoms with Crippen molar-refractivity contribution in [2.45, 2.75) is 49.8 Å². The van der Waals surface area contributed by atoms with Crippen LogP contribution in [-0.2, 0) is 32.0 Å². The largest absolute Gasteiger partial charge is 0.508 e. The Morgan fingerprint density at radius 3 is 2.44 bits per heavy atom. The number of aliphatic hydroxyl groups is 3. The molecule has 1 aromatic carbocycles. The fraction of sp³-hybridized carbons (Fsp3) is 0.500. The average molecular weight is 571 g/mol. The number of likely N-dealkylation sites (N-methyl/N-ethyl adjacent to an activating group) is 1. The second-order valence-corrected chi connectivity index (χ2v) is 11.9. The lowest BCUT2D eigenvalue weighted by Gasteiger charge is -2.50.